The Labute approximate surface area is 96.8 Å². The minimum absolute atomic E-state index is 0.000000000000000444. The first-order valence-corrected chi connectivity index (χ1v) is 4.29. The largest absolute Gasteiger partial charge is 0.387 e. The fourth-order valence-electron chi connectivity index (χ4n) is 0.827. The molecule has 80 valence electrons. The lowest BCUT2D eigenvalue weighted by Crippen LogP contribution is -2.16. The molecule has 4 nitrogen and oxygen atoms in total. The SMILES string of the molecule is [2H]c1cccc(C([2H])([2H])C([2H])([2H])N=C(N)N=C(C)N)c1. The molecule has 0 heterocycles. The van der Waals surface area contributed by atoms with E-state index in [2.05, 4.69) is 9.98 Å². The minimum atomic E-state index is -2.65. The van der Waals surface area contributed by atoms with Crippen molar-refractivity contribution >= 4 is 11.8 Å². The van der Waals surface area contributed by atoms with E-state index in [0.717, 1.165) is 0 Å². The molecule has 0 unspecified atom stereocenters. The average molecular weight is 209 g/mol. The molecule has 0 saturated heterocycles. The number of hydrogen-bond donors (Lipinski definition) is 2. The molecule has 0 aliphatic heterocycles. The van der Waals surface area contributed by atoms with Crippen LogP contribution in [0.15, 0.2) is 40.3 Å². The van der Waals surface area contributed by atoms with Crippen molar-refractivity contribution in [1.82, 2.24) is 0 Å². The molecule has 0 aromatic heterocycles. The number of aliphatic imine (C=N–C) groups is 2. The highest BCUT2D eigenvalue weighted by atomic mass is 15.1. The van der Waals surface area contributed by atoms with Gasteiger partial charge in [0.15, 0.2) is 0 Å². The van der Waals surface area contributed by atoms with E-state index < -0.39 is 18.8 Å². The Bertz CT molecular complexity index is 549. The zero-order chi connectivity index (χ0) is 15.6. The van der Waals surface area contributed by atoms with Gasteiger partial charge < -0.3 is 11.5 Å². The molecule has 4 heteroatoms. The quantitative estimate of drug-likeness (QED) is 0.573. The maximum atomic E-state index is 7.91. The summed E-state index contributed by atoms with van der Waals surface area (Å²) in [5, 5.41) is 0. The van der Waals surface area contributed by atoms with Gasteiger partial charge in [-0.2, -0.15) is 0 Å². The molecule has 0 aliphatic carbocycles. The Balaban J connectivity index is 3.22. The molecule has 0 atom stereocenters. The van der Waals surface area contributed by atoms with Crippen LogP contribution in [-0.2, 0) is 6.37 Å². The first-order chi connectivity index (χ1) is 9.06. The van der Waals surface area contributed by atoms with Gasteiger partial charge >= 0.3 is 0 Å². The van der Waals surface area contributed by atoms with Crippen LogP contribution >= 0.6 is 0 Å². The van der Waals surface area contributed by atoms with Crippen molar-refractivity contribution in [2.75, 3.05) is 6.50 Å². The molecule has 1 aromatic carbocycles. The van der Waals surface area contributed by atoms with E-state index in [1.54, 1.807) is 0 Å². The highest BCUT2D eigenvalue weighted by molar-refractivity contribution is 5.93. The Morgan fingerprint density at radius 3 is 2.93 bits per heavy atom. The third-order valence-corrected chi connectivity index (χ3v) is 1.37. The molecule has 0 saturated carbocycles. The normalized spacial score (nSPS) is 19.7. The molecule has 0 fully saturated rings. The van der Waals surface area contributed by atoms with Crippen LogP contribution in [0.2, 0.25) is 0 Å². The third-order valence-electron chi connectivity index (χ3n) is 1.37. The van der Waals surface area contributed by atoms with Gasteiger partial charge in [-0.25, -0.2) is 4.99 Å². The second-order valence-electron chi connectivity index (χ2n) is 2.75. The highest BCUT2D eigenvalue weighted by Gasteiger charge is 1.91. The van der Waals surface area contributed by atoms with Crippen molar-refractivity contribution < 1.29 is 6.85 Å². The summed E-state index contributed by atoms with van der Waals surface area (Å²) < 4.78 is 38.8. The predicted molar refractivity (Wildman–Crippen MR) is 63.9 cm³/mol. The monoisotopic (exact) mass is 209 g/mol. The highest BCUT2D eigenvalue weighted by Crippen LogP contribution is 1.99. The van der Waals surface area contributed by atoms with Gasteiger partial charge in [0, 0.05) is 9.24 Å². The zero-order valence-electron chi connectivity index (χ0n) is 13.4. The van der Waals surface area contributed by atoms with Gasteiger partial charge in [0.05, 0.1) is 9.95 Å². The van der Waals surface area contributed by atoms with E-state index >= 15 is 0 Å². The van der Waals surface area contributed by atoms with Crippen molar-refractivity contribution in [3.63, 3.8) is 0 Å². The number of amidine groups is 1. The lowest BCUT2D eigenvalue weighted by atomic mass is 10.2. The molecule has 0 spiro atoms. The van der Waals surface area contributed by atoms with E-state index in [1.165, 1.54) is 31.2 Å². The molecule has 0 aliphatic rings. The third kappa shape index (κ3) is 4.81. The molecule has 0 radical (unpaired) electrons. The molecule has 0 bridgehead atoms. The van der Waals surface area contributed by atoms with Crippen molar-refractivity contribution in [3.05, 3.63) is 35.9 Å². The first-order valence-electron chi connectivity index (χ1n) is 6.79. The molecule has 4 N–H and O–H groups in total. The lowest BCUT2D eigenvalue weighted by Gasteiger charge is -1.97. The van der Waals surface area contributed by atoms with Gasteiger partial charge in [0.1, 0.15) is 0 Å². The van der Waals surface area contributed by atoms with Gasteiger partial charge in [-0.1, -0.05) is 30.3 Å². The maximum absolute atomic E-state index is 7.91. The Morgan fingerprint density at radius 2 is 2.27 bits per heavy atom. The fourth-order valence-corrected chi connectivity index (χ4v) is 0.827. The topological polar surface area (TPSA) is 76.8 Å². The van der Waals surface area contributed by atoms with Crippen molar-refractivity contribution in [1.29, 1.82) is 0 Å². The van der Waals surface area contributed by atoms with Gasteiger partial charge in [-0.15, -0.1) is 0 Å². The summed E-state index contributed by atoms with van der Waals surface area (Å²) in [4.78, 5) is 7.02. The average Bonchev–Trinajstić information content (AvgIpc) is 2.26. The minimum Gasteiger partial charge on any atom is -0.387 e. The molecular formula is C11H16N4. The number of rotatable bonds is 3. The van der Waals surface area contributed by atoms with E-state index in [4.69, 9.17) is 18.3 Å². The lowest BCUT2D eigenvalue weighted by molar-refractivity contribution is 0.962. The van der Waals surface area contributed by atoms with Gasteiger partial charge in [0.25, 0.3) is 0 Å². The summed E-state index contributed by atoms with van der Waals surface area (Å²) in [6.07, 6.45) is -2.47. The number of aryl methyl sites for hydroxylation is 1. The molecule has 1 rings (SSSR count). The second-order valence-corrected chi connectivity index (χ2v) is 2.75. The van der Waals surface area contributed by atoms with Crippen LogP contribution < -0.4 is 11.5 Å². The zero-order valence-corrected chi connectivity index (χ0v) is 8.36. The maximum Gasteiger partial charge on any atom is 0.216 e. The summed E-state index contributed by atoms with van der Waals surface area (Å²) >= 11 is 0. The van der Waals surface area contributed by atoms with E-state index in [-0.39, 0.29) is 17.4 Å². The van der Waals surface area contributed by atoms with Crippen LogP contribution in [0.1, 0.15) is 19.3 Å². The van der Waals surface area contributed by atoms with Crippen LogP contribution in [0, 0.1) is 0 Å². The smallest absolute Gasteiger partial charge is 0.216 e. The standard InChI is InChI=1S/C11H16N4/c1-9(12)15-11(13)14-8-7-10-5-3-2-4-6-10/h2-6H,7-8H2,1H3,(H4,12,13,14,15)/i3D,7D2,8D2. The van der Waals surface area contributed by atoms with Gasteiger partial charge in [-0.3, -0.25) is 4.99 Å². The number of nitrogens with two attached hydrogens (primary N) is 2. The number of hydrogen-bond acceptors (Lipinski definition) is 1. The summed E-state index contributed by atoms with van der Waals surface area (Å²) in [5.74, 6) is -0.350. The Hall–Kier alpha value is -1.84. The predicted octanol–water partition coefficient (Wildman–Crippen LogP) is 0.921. The van der Waals surface area contributed by atoms with Gasteiger partial charge in [-0.05, 0) is 18.9 Å². The molecule has 15 heavy (non-hydrogen) atoms. The summed E-state index contributed by atoms with van der Waals surface area (Å²) in [7, 11) is 0. The summed E-state index contributed by atoms with van der Waals surface area (Å²) in [6, 6.07) is 5.64. The molecule has 0 amide bonds. The van der Waals surface area contributed by atoms with Gasteiger partial charge in [0.2, 0.25) is 5.96 Å². The molecular weight excluding hydrogens is 188 g/mol. The van der Waals surface area contributed by atoms with E-state index in [9.17, 15) is 0 Å². The number of nitrogens with zero attached hydrogens (tertiary/aromatic N) is 2. The van der Waals surface area contributed by atoms with Crippen molar-refractivity contribution in [2.45, 2.75) is 13.3 Å². The Morgan fingerprint density at radius 1 is 1.47 bits per heavy atom. The van der Waals surface area contributed by atoms with Crippen LogP contribution in [0.5, 0.6) is 0 Å². The summed E-state index contributed by atoms with van der Waals surface area (Å²) in [6.45, 7) is -1.19. The first kappa shape index (κ1) is 5.90. The Kier molecular flexibility index (Phi) is 2.28. The van der Waals surface area contributed by atoms with E-state index in [0.29, 0.717) is 0 Å². The van der Waals surface area contributed by atoms with Crippen LogP contribution in [0.4, 0.5) is 0 Å². The second kappa shape index (κ2) is 5.80. The van der Waals surface area contributed by atoms with E-state index in [1.807, 2.05) is 0 Å². The molecule has 1 aromatic rings. The number of benzene rings is 1. The van der Waals surface area contributed by atoms with Crippen LogP contribution in [-0.4, -0.2) is 18.3 Å². The fraction of sp³-hybridized carbons (Fsp3) is 0.273. The van der Waals surface area contributed by atoms with Crippen molar-refractivity contribution in [2.24, 2.45) is 21.5 Å². The van der Waals surface area contributed by atoms with Crippen molar-refractivity contribution in [3.8, 4) is 0 Å². The summed E-state index contributed by atoms with van der Waals surface area (Å²) in [5.41, 5.74) is 10.7. The number of guanidine groups is 1. The van der Waals surface area contributed by atoms with Crippen LogP contribution in [0.3, 0.4) is 0 Å². The van der Waals surface area contributed by atoms with Crippen LogP contribution in [0.25, 0.3) is 0 Å².